The number of nitrogens with one attached hydrogen (secondary N) is 1. The molecule has 4 heterocycles. The molecular weight excluding hydrogens is 617 g/mol. The number of hydrogen-bond acceptors (Lipinski definition) is 9. The standard InChI is InChI=1S/C32H31ClFN7O3S/c1-3-19(15-35)20-4-7-22(8-5-20)41-17-23-16-39(11-12-40(23)32(41)43)18-26-27(31(42)44-2)28(24-9-6-21(34)14-25(24)33)38-29(37-26)30-36-10-13-45-30/h4-10,13-14,19,23,28H,3,11-12,16-18H2,1-2H3,(H,37,38)/t19-,23-,28-/m0/s1. The predicted octanol–water partition coefficient (Wildman–Crippen LogP) is 5.10. The highest BCUT2D eigenvalue weighted by molar-refractivity contribution is 7.11. The molecule has 2 saturated heterocycles. The van der Waals surface area contributed by atoms with Gasteiger partial charge in [-0.25, -0.2) is 19.0 Å². The van der Waals surface area contributed by atoms with Gasteiger partial charge in [-0.15, -0.1) is 11.3 Å². The van der Waals surface area contributed by atoms with Gasteiger partial charge in [-0.1, -0.05) is 36.7 Å². The molecule has 2 amide bonds. The van der Waals surface area contributed by atoms with Crippen LogP contribution in [0.25, 0.3) is 0 Å². The quantitative estimate of drug-likeness (QED) is 0.339. The van der Waals surface area contributed by atoms with Crippen molar-refractivity contribution in [3.63, 3.8) is 0 Å². The summed E-state index contributed by atoms with van der Waals surface area (Å²) in [6.45, 7) is 4.53. The first kappa shape index (κ1) is 30.7. The number of carbonyl (C=O) groups excluding carboxylic acids is 2. The summed E-state index contributed by atoms with van der Waals surface area (Å²) in [6, 6.07) is 13.0. The molecule has 0 radical (unpaired) electrons. The molecule has 2 aromatic carbocycles. The van der Waals surface area contributed by atoms with E-state index < -0.39 is 17.8 Å². The number of methoxy groups -OCH3 is 1. The average molecular weight is 648 g/mol. The molecule has 2 fully saturated rings. The second kappa shape index (κ2) is 13.0. The highest BCUT2D eigenvalue weighted by atomic mass is 35.5. The van der Waals surface area contributed by atoms with Crippen LogP contribution in [0, 0.1) is 17.1 Å². The van der Waals surface area contributed by atoms with Crippen molar-refractivity contribution in [1.82, 2.24) is 20.1 Å². The molecule has 1 N–H and O–H groups in total. The smallest absolute Gasteiger partial charge is 0.338 e. The Morgan fingerprint density at radius 3 is 2.71 bits per heavy atom. The number of thiazole rings is 1. The topological polar surface area (TPSA) is 114 Å². The molecule has 0 saturated carbocycles. The Kier molecular flexibility index (Phi) is 8.85. The van der Waals surface area contributed by atoms with Gasteiger partial charge in [0.05, 0.1) is 30.7 Å². The number of benzene rings is 2. The van der Waals surface area contributed by atoms with Gasteiger partial charge < -0.3 is 15.0 Å². The largest absolute Gasteiger partial charge is 0.466 e. The molecule has 6 rings (SSSR count). The first-order valence-corrected chi connectivity index (χ1v) is 15.9. The van der Waals surface area contributed by atoms with E-state index >= 15 is 0 Å². The lowest BCUT2D eigenvalue weighted by Gasteiger charge is -2.38. The maximum Gasteiger partial charge on any atom is 0.338 e. The van der Waals surface area contributed by atoms with E-state index in [1.54, 1.807) is 11.1 Å². The summed E-state index contributed by atoms with van der Waals surface area (Å²) >= 11 is 7.88. The van der Waals surface area contributed by atoms with E-state index in [9.17, 15) is 19.2 Å². The van der Waals surface area contributed by atoms with Crippen molar-refractivity contribution in [3.8, 4) is 6.07 Å². The molecule has 0 aliphatic carbocycles. The van der Waals surface area contributed by atoms with Gasteiger partial charge in [0.15, 0.2) is 10.8 Å². The van der Waals surface area contributed by atoms with Crippen LogP contribution in [0.2, 0.25) is 5.02 Å². The van der Waals surface area contributed by atoms with Gasteiger partial charge in [-0.2, -0.15) is 5.26 Å². The number of ether oxygens (including phenoxy) is 1. The zero-order valence-corrected chi connectivity index (χ0v) is 26.3. The van der Waals surface area contributed by atoms with Gasteiger partial charge in [0.1, 0.15) is 11.9 Å². The first-order valence-electron chi connectivity index (χ1n) is 14.6. The van der Waals surface area contributed by atoms with E-state index in [2.05, 4.69) is 21.3 Å². The molecule has 0 spiro atoms. The number of rotatable bonds is 8. The van der Waals surface area contributed by atoms with Crippen LogP contribution >= 0.6 is 22.9 Å². The van der Waals surface area contributed by atoms with Crippen LogP contribution in [0.1, 0.15) is 41.4 Å². The molecule has 13 heteroatoms. The molecule has 10 nitrogen and oxygen atoms in total. The molecular formula is C32H31ClFN7O3S. The third kappa shape index (κ3) is 6.03. The Morgan fingerprint density at radius 2 is 2.04 bits per heavy atom. The van der Waals surface area contributed by atoms with E-state index in [0.717, 1.165) is 17.7 Å². The summed E-state index contributed by atoms with van der Waals surface area (Å²) in [6.07, 6.45) is 2.40. The first-order chi connectivity index (χ1) is 21.8. The third-order valence-corrected chi connectivity index (χ3v) is 9.52. The monoisotopic (exact) mass is 647 g/mol. The molecule has 1 aromatic heterocycles. The molecule has 3 aliphatic rings. The lowest BCUT2D eigenvalue weighted by atomic mass is 9.95. The zero-order chi connectivity index (χ0) is 31.7. The Balaban J connectivity index is 1.26. The Labute approximate surface area is 269 Å². The number of aromatic nitrogens is 1. The molecule has 3 aliphatic heterocycles. The predicted molar refractivity (Wildman–Crippen MR) is 170 cm³/mol. The van der Waals surface area contributed by atoms with Crippen LogP contribution in [-0.4, -0.2) is 78.5 Å². The second-order valence-electron chi connectivity index (χ2n) is 11.0. The number of hydrogen-bond donors (Lipinski definition) is 1. The van der Waals surface area contributed by atoms with Gasteiger partial charge >= 0.3 is 12.0 Å². The molecule has 0 bridgehead atoms. The van der Waals surface area contributed by atoms with Crippen molar-refractivity contribution >= 4 is 46.5 Å². The van der Waals surface area contributed by atoms with Crippen molar-refractivity contribution in [2.45, 2.75) is 31.3 Å². The van der Waals surface area contributed by atoms with Gasteiger partial charge in [-0.3, -0.25) is 14.8 Å². The van der Waals surface area contributed by atoms with Crippen LogP contribution < -0.4 is 10.2 Å². The number of halogens is 2. The molecule has 0 unspecified atom stereocenters. The summed E-state index contributed by atoms with van der Waals surface area (Å²) in [5.41, 5.74) is 3.07. The summed E-state index contributed by atoms with van der Waals surface area (Å²) in [7, 11) is 1.31. The fourth-order valence-corrected chi connectivity index (χ4v) is 6.97. The number of amides is 2. The maximum absolute atomic E-state index is 14.0. The average Bonchev–Trinajstić information content (AvgIpc) is 3.70. The minimum absolute atomic E-state index is 0.0470. The summed E-state index contributed by atoms with van der Waals surface area (Å²) in [4.78, 5) is 41.8. The van der Waals surface area contributed by atoms with E-state index in [0.29, 0.717) is 54.8 Å². The number of nitriles is 1. The number of piperazine rings is 1. The second-order valence-corrected chi connectivity index (χ2v) is 12.4. The van der Waals surface area contributed by atoms with Gasteiger partial charge in [0.25, 0.3) is 0 Å². The van der Waals surface area contributed by atoms with Crippen molar-refractivity contribution in [2.24, 2.45) is 4.99 Å². The van der Waals surface area contributed by atoms with Crippen molar-refractivity contribution in [3.05, 3.63) is 92.3 Å². The normalized spacial score (nSPS) is 20.8. The van der Waals surface area contributed by atoms with Crippen molar-refractivity contribution in [2.75, 3.05) is 44.7 Å². The van der Waals surface area contributed by atoms with E-state index in [1.807, 2.05) is 41.5 Å². The van der Waals surface area contributed by atoms with E-state index in [4.69, 9.17) is 21.3 Å². The van der Waals surface area contributed by atoms with Crippen LogP contribution in [0.5, 0.6) is 0 Å². The highest BCUT2D eigenvalue weighted by Crippen LogP contribution is 2.37. The lowest BCUT2D eigenvalue weighted by molar-refractivity contribution is -0.136. The number of carbonyl (C=O) groups is 2. The number of aliphatic imine (C=N–C) groups is 1. The molecule has 232 valence electrons. The fourth-order valence-electron chi connectivity index (χ4n) is 6.11. The number of esters is 1. The number of urea groups is 1. The summed E-state index contributed by atoms with van der Waals surface area (Å²) < 4.78 is 19.2. The number of anilines is 1. The lowest BCUT2D eigenvalue weighted by Crippen LogP contribution is -2.53. The van der Waals surface area contributed by atoms with Crippen molar-refractivity contribution in [1.29, 1.82) is 5.26 Å². The van der Waals surface area contributed by atoms with Gasteiger partial charge in [0, 0.05) is 66.3 Å². The Morgan fingerprint density at radius 1 is 1.24 bits per heavy atom. The van der Waals surface area contributed by atoms with E-state index in [-0.39, 0.29) is 28.6 Å². The summed E-state index contributed by atoms with van der Waals surface area (Å²) in [5, 5.41) is 15.4. The number of fused-ring (bicyclic) bond motifs is 1. The van der Waals surface area contributed by atoms with Crippen LogP contribution in [0.3, 0.4) is 0 Å². The van der Waals surface area contributed by atoms with Crippen LogP contribution in [0.4, 0.5) is 14.9 Å². The summed E-state index contributed by atoms with van der Waals surface area (Å²) in [5.74, 6) is -0.766. The Bertz CT molecular complexity index is 1710. The maximum atomic E-state index is 14.0. The highest BCUT2D eigenvalue weighted by Gasteiger charge is 2.42. The molecule has 45 heavy (non-hydrogen) atoms. The molecule has 3 atom stereocenters. The zero-order valence-electron chi connectivity index (χ0n) is 24.7. The third-order valence-electron chi connectivity index (χ3n) is 8.41. The van der Waals surface area contributed by atoms with Crippen LogP contribution in [0.15, 0.2) is 70.3 Å². The van der Waals surface area contributed by atoms with Crippen molar-refractivity contribution < 1.29 is 18.7 Å². The van der Waals surface area contributed by atoms with E-state index in [1.165, 1.54) is 36.6 Å². The van der Waals surface area contributed by atoms with Crippen LogP contribution in [-0.2, 0) is 9.53 Å². The minimum atomic E-state index is -0.846. The number of nitrogens with zero attached hydrogens (tertiary/aromatic N) is 6. The number of amidine groups is 1. The SMILES string of the molecule is CC[C@@H](C#N)c1ccc(N2C[C@@H]3CN(CC4=C(C(=O)OC)[C@H](c5ccc(F)cc5Cl)N=C(c5nccs5)N4)CCN3C2=O)cc1. The van der Waals surface area contributed by atoms with Gasteiger partial charge in [-0.05, 0) is 36.2 Å². The van der Waals surface area contributed by atoms with Gasteiger partial charge in [0.2, 0.25) is 0 Å². The fraction of sp³-hybridized carbons (Fsp3) is 0.344. The molecule has 3 aromatic rings. The minimum Gasteiger partial charge on any atom is -0.466 e. The Hall–Kier alpha value is -4.31.